The Morgan fingerprint density at radius 3 is 1.78 bits per heavy atom. The van der Waals surface area contributed by atoms with Crippen LogP contribution >= 0.6 is 0 Å². The minimum atomic E-state index is -1.34. The van der Waals surface area contributed by atoms with Crippen LogP contribution in [0.1, 0.15) is 123 Å². The van der Waals surface area contributed by atoms with E-state index in [1.54, 1.807) is 91.9 Å². The number of hydrogen-bond acceptors (Lipinski definition) is 11. The van der Waals surface area contributed by atoms with E-state index in [0.717, 1.165) is 58.0 Å². The summed E-state index contributed by atoms with van der Waals surface area (Å²) in [6, 6.07) is 25.8. The van der Waals surface area contributed by atoms with Crippen molar-refractivity contribution in [3.8, 4) is 0 Å². The molecule has 0 amide bonds. The third-order valence-corrected chi connectivity index (χ3v) is 17.7. The van der Waals surface area contributed by atoms with Crippen molar-refractivity contribution in [3.63, 3.8) is 0 Å². The molecule has 65 heavy (non-hydrogen) atoms. The normalized spacial score (nSPS) is 43.0. The SMILES string of the molecule is C[C@@H]1CC[C@@]2(OC1)O[C@H]1C[C@H]3[C@@H]4C[C@H](O[C@@H]5O[C@@H](C)[C@H](OC(=O)c6ccccc6)[C@@H](OC(=O)c6ccccc6)[C@H]5OC(=O)c5ccccc5)[C@H]5C[C@@H](O)CC[C@]5(C)[C@H]4CC[C@]3(C)[C@H]1[C@@H]2C. The van der Waals surface area contributed by atoms with Gasteiger partial charge in [-0.3, -0.25) is 0 Å². The van der Waals surface area contributed by atoms with Crippen molar-refractivity contribution in [2.24, 2.45) is 52.3 Å². The first-order chi connectivity index (χ1) is 31.3. The lowest BCUT2D eigenvalue weighted by atomic mass is 9.43. The Morgan fingerprint density at radius 2 is 1.20 bits per heavy atom. The van der Waals surface area contributed by atoms with Gasteiger partial charge in [0, 0.05) is 12.3 Å². The molecular formula is C54H66O11. The highest BCUT2D eigenvalue weighted by Crippen LogP contribution is 2.71. The fourth-order valence-electron chi connectivity index (χ4n) is 14.4. The molecule has 7 aliphatic rings. The van der Waals surface area contributed by atoms with Gasteiger partial charge < -0.3 is 38.3 Å². The molecule has 3 aliphatic heterocycles. The highest BCUT2D eigenvalue weighted by atomic mass is 16.7. The summed E-state index contributed by atoms with van der Waals surface area (Å²) in [5, 5.41) is 11.4. The van der Waals surface area contributed by atoms with Gasteiger partial charge in [0.1, 0.15) is 0 Å². The van der Waals surface area contributed by atoms with Gasteiger partial charge in [-0.05, 0) is 141 Å². The number of carbonyl (C=O) groups excluding carboxylic acids is 3. The number of esters is 3. The van der Waals surface area contributed by atoms with E-state index in [4.69, 9.17) is 33.2 Å². The van der Waals surface area contributed by atoms with Crippen molar-refractivity contribution in [2.75, 3.05) is 6.61 Å². The smallest absolute Gasteiger partial charge is 0.338 e. The second-order valence-electron chi connectivity index (χ2n) is 21.3. The van der Waals surface area contributed by atoms with Crippen LogP contribution in [0, 0.1) is 52.3 Å². The summed E-state index contributed by atoms with van der Waals surface area (Å²) < 4.78 is 46.8. The first kappa shape index (κ1) is 44.7. The predicted molar refractivity (Wildman–Crippen MR) is 239 cm³/mol. The molecule has 3 saturated heterocycles. The van der Waals surface area contributed by atoms with Crippen LogP contribution < -0.4 is 0 Å². The third kappa shape index (κ3) is 7.94. The van der Waals surface area contributed by atoms with Gasteiger partial charge in [-0.25, -0.2) is 14.4 Å². The zero-order valence-electron chi connectivity index (χ0n) is 38.4. The van der Waals surface area contributed by atoms with Crippen molar-refractivity contribution in [2.45, 2.75) is 147 Å². The summed E-state index contributed by atoms with van der Waals surface area (Å²) in [5.41, 5.74) is 0.803. The molecule has 3 heterocycles. The standard InChI is InChI=1S/C54H66O11/c1-31-21-26-54(59-30-31)32(2)44-43(65-54)29-40-38-28-42(41-27-37(55)22-24-52(41,4)39(38)23-25-53(40,44)5)61-51-47(64-50(58)36-19-13-8-14-20-36)46(63-49(57)35-17-11-7-12-18-35)45(33(3)60-51)62-48(56)34-15-9-6-10-16-34/h6-20,31-33,37-47,51,55H,21-30H2,1-5H3/t31-,32+,33+,37+,38-,39+,40+,41-,42+,43+,44+,45+,46-,47-,51+,52-,53+,54-/m1/s1. The second kappa shape index (κ2) is 17.5. The average molecular weight is 891 g/mol. The molecule has 0 unspecified atom stereocenters. The first-order valence-electron chi connectivity index (χ1n) is 24.4. The highest BCUT2D eigenvalue weighted by molar-refractivity contribution is 5.91. The Bertz CT molecular complexity index is 2180. The van der Waals surface area contributed by atoms with Crippen LogP contribution in [0.15, 0.2) is 91.0 Å². The molecular weight excluding hydrogens is 825 g/mol. The van der Waals surface area contributed by atoms with E-state index in [0.29, 0.717) is 47.1 Å². The average Bonchev–Trinajstić information content (AvgIpc) is 3.76. The number of hydrogen-bond donors (Lipinski definition) is 1. The lowest BCUT2D eigenvalue weighted by Gasteiger charge is -2.63. The molecule has 7 fully saturated rings. The van der Waals surface area contributed by atoms with E-state index in [-0.39, 0.29) is 34.3 Å². The summed E-state index contributed by atoms with van der Waals surface area (Å²) in [4.78, 5) is 42.0. The largest absolute Gasteiger partial charge is 0.452 e. The first-order valence-corrected chi connectivity index (χ1v) is 24.4. The molecule has 4 aliphatic carbocycles. The Labute approximate surface area is 383 Å². The van der Waals surface area contributed by atoms with Crippen molar-refractivity contribution >= 4 is 17.9 Å². The van der Waals surface area contributed by atoms with Gasteiger partial charge in [-0.1, -0.05) is 82.3 Å². The lowest BCUT2D eigenvalue weighted by molar-refractivity contribution is -0.320. The van der Waals surface area contributed by atoms with Crippen LogP contribution in [0.4, 0.5) is 0 Å². The second-order valence-corrected chi connectivity index (χ2v) is 21.3. The van der Waals surface area contributed by atoms with Crippen LogP contribution in [0.5, 0.6) is 0 Å². The molecule has 4 saturated carbocycles. The summed E-state index contributed by atoms with van der Waals surface area (Å²) in [7, 11) is 0. The van der Waals surface area contributed by atoms with Gasteiger partial charge in [0.05, 0.1) is 47.7 Å². The van der Waals surface area contributed by atoms with Crippen molar-refractivity contribution < 1.29 is 52.6 Å². The maximum Gasteiger partial charge on any atom is 0.338 e. The molecule has 1 N–H and O–H groups in total. The van der Waals surface area contributed by atoms with E-state index in [9.17, 15) is 19.5 Å². The van der Waals surface area contributed by atoms with E-state index in [1.807, 2.05) is 6.07 Å². The molecule has 10 rings (SSSR count). The fourth-order valence-corrected chi connectivity index (χ4v) is 14.4. The summed E-state index contributed by atoms with van der Waals surface area (Å²) >= 11 is 0. The Hall–Kier alpha value is -4.13. The third-order valence-electron chi connectivity index (χ3n) is 17.7. The molecule has 1 spiro atoms. The molecule has 0 radical (unpaired) electrons. The Morgan fingerprint density at radius 1 is 0.631 bits per heavy atom. The number of rotatable bonds is 8. The van der Waals surface area contributed by atoms with E-state index in [1.165, 1.54) is 0 Å². The lowest BCUT2D eigenvalue weighted by Crippen LogP contribution is -2.64. The predicted octanol–water partition coefficient (Wildman–Crippen LogP) is 9.21. The topological polar surface area (TPSA) is 136 Å². The number of aliphatic hydroxyl groups excluding tert-OH is 1. The number of aliphatic hydroxyl groups is 1. The number of ether oxygens (including phenoxy) is 7. The summed E-state index contributed by atoms with van der Waals surface area (Å²) in [6.07, 6.45) is 1.55. The molecule has 11 heteroatoms. The molecule has 18 atom stereocenters. The number of benzene rings is 3. The van der Waals surface area contributed by atoms with Gasteiger partial charge in [0.2, 0.25) is 0 Å². The minimum absolute atomic E-state index is 0.0165. The van der Waals surface area contributed by atoms with Crippen LogP contribution in [0.25, 0.3) is 0 Å². The molecule has 11 nitrogen and oxygen atoms in total. The highest BCUT2D eigenvalue weighted by Gasteiger charge is 2.70. The maximum absolute atomic E-state index is 14.2. The molecule has 3 aromatic carbocycles. The van der Waals surface area contributed by atoms with E-state index < -0.39 is 66.6 Å². The van der Waals surface area contributed by atoms with Crippen LogP contribution in [-0.4, -0.2) is 84.4 Å². The zero-order chi connectivity index (χ0) is 45.3. The maximum atomic E-state index is 14.2. The number of carbonyl (C=O) groups is 3. The van der Waals surface area contributed by atoms with Gasteiger partial charge in [0.25, 0.3) is 0 Å². The Balaban J connectivity index is 0.993. The van der Waals surface area contributed by atoms with E-state index >= 15 is 0 Å². The summed E-state index contributed by atoms with van der Waals surface area (Å²) in [6.45, 7) is 12.1. The quantitative estimate of drug-likeness (QED) is 0.132. The monoisotopic (exact) mass is 890 g/mol. The molecule has 3 aromatic rings. The molecule has 0 aromatic heterocycles. The zero-order valence-corrected chi connectivity index (χ0v) is 38.4. The van der Waals surface area contributed by atoms with Gasteiger partial charge in [-0.2, -0.15) is 0 Å². The van der Waals surface area contributed by atoms with Crippen LogP contribution in [-0.2, 0) is 33.2 Å². The van der Waals surface area contributed by atoms with Gasteiger partial charge >= 0.3 is 17.9 Å². The minimum Gasteiger partial charge on any atom is -0.452 e. The molecule has 0 bridgehead atoms. The Kier molecular flexibility index (Phi) is 12.0. The van der Waals surface area contributed by atoms with Crippen LogP contribution in [0.2, 0.25) is 0 Å². The molecule has 348 valence electrons. The van der Waals surface area contributed by atoms with Gasteiger partial charge in [-0.15, -0.1) is 0 Å². The fraction of sp³-hybridized carbons (Fsp3) is 0.611. The summed E-state index contributed by atoms with van der Waals surface area (Å²) in [5.74, 6) is -0.135. The van der Waals surface area contributed by atoms with Gasteiger partial charge in [0.15, 0.2) is 30.4 Å². The van der Waals surface area contributed by atoms with Crippen molar-refractivity contribution in [3.05, 3.63) is 108 Å². The van der Waals surface area contributed by atoms with Crippen molar-refractivity contribution in [1.29, 1.82) is 0 Å². The van der Waals surface area contributed by atoms with Crippen LogP contribution in [0.3, 0.4) is 0 Å². The van der Waals surface area contributed by atoms with Crippen molar-refractivity contribution in [1.82, 2.24) is 0 Å². The van der Waals surface area contributed by atoms with E-state index in [2.05, 4.69) is 27.7 Å². The number of fused-ring (bicyclic) bond motifs is 7.